The predicted molar refractivity (Wildman–Crippen MR) is 95.6 cm³/mol. The first-order valence-corrected chi connectivity index (χ1v) is 8.24. The quantitative estimate of drug-likeness (QED) is 0.291. The molecule has 1 nitrogen and oxygen atoms in total. The Labute approximate surface area is 131 Å². The fraction of sp³-hybridized carbons (Fsp3) is 0.500. The number of allylic oxidation sites excluding steroid dienone is 9. The molecule has 0 aliphatic heterocycles. The van der Waals surface area contributed by atoms with Gasteiger partial charge in [-0.3, -0.25) is 0 Å². The summed E-state index contributed by atoms with van der Waals surface area (Å²) >= 11 is 0. The van der Waals surface area contributed by atoms with Crippen LogP contribution in [0.25, 0.3) is 0 Å². The Hall–Kier alpha value is -1.34. The maximum atomic E-state index is 5.27. The Morgan fingerprint density at radius 1 is 0.571 bits per heavy atom. The lowest BCUT2D eigenvalue weighted by molar-refractivity contribution is 0.152. The van der Waals surface area contributed by atoms with Crippen LogP contribution in [0.1, 0.15) is 52.4 Å². The smallest absolute Gasteiger partial charge is 0.0500 e. The van der Waals surface area contributed by atoms with E-state index in [1.165, 1.54) is 0 Å². The average Bonchev–Trinajstić information content (AvgIpc) is 2.50. The van der Waals surface area contributed by atoms with E-state index in [1.807, 2.05) is 6.92 Å². The van der Waals surface area contributed by atoms with Crippen molar-refractivity contribution in [3.8, 4) is 0 Å². The van der Waals surface area contributed by atoms with E-state index < -0.39 is 0 Å². The van der Waals surface area contributed by atoms with Crippen LogP contribution in [0, 0.1) is 0 Å². The largest absolute Gasteiger partial charge is 0.381 e. The molecule has 0 aromatic rings. The molecule has 0 saturated carbocycles. The van der Waals surface area contributed by atoms with Crippen LogP contribution in [0.2, 0.25) is 0 Å². The van der Waals surface area contributed by atoms with Crippen molar-refractivity contribution in [2.24, 2.45) is 0 Å². The van der Waals surface area contributed by atoms with Crippen molar-refractivity contribution in [3.05, 3.63) is 60.8 Å². The molecule has 118 valence electrons. The van der Waals surface area contributed by atoms with Crippen LogP contribution in [0.5, 0.6) is 0 Å². The molecule has 0 heterocycles. The van der Waals surface area contributed by atoms with Crippen LogP contribution in [0.15, 0.2) is 60.8 Å². The molecule has 0 spiro atoms. The summed E-state index contributed by atoms with van der Waals surface area (Å²) in [7, 11) is 0. The molecule has 0 aromatic carbocycles. The van der Waals surface area contributed by atoms with Crippen molar-refractivity contribution < 1.29 is 4.74 Å². The van der Waals surface area contributed by atoms with Crippen LogP contribution in [0.4, 0.5) is 0 Å². The normalized spacial score (nSPS) is 13.0. The molecular formula is C20H32O. The zero-order chi connectivity index (χ0) is 15.4. The molecule has 0 atom stereocenters. The van der Waals surface area contributed by atoms with E-state index in [2.05, 4.69) is 67.7 Å². The second-order valence-corrected chi connectivity index (χ2v) is 4.69. The predicted octanol–water partition coefficient (Wildman–Crippen LogP) is 6.16. The molecule has 0 aliphatic carbocycles. The molecule has 0 aliphatic rings. The molecule has 0 fully saturated rings. The summed E-state index contributed by atoms with van der Waals surface area (Å²) in [5.74, 6) is 0. The molecule has 0 unspecified atom stereocenters. The van der Waals surface area contributed by atoms with E-state index in [4.69, 9.17) is 4.74 Å². The zero-order valence-corrected chi connectivity index (χ0v) is 13.8. The SMILES string of the molecule is CCC=CCC=CCC=CCC=CCC=CCCOCC. The minimum Gasteiger partial charge on any atom is -0.381 e. The Kier molecular flexibility index (Phi) is 17.5. The fourth-order valence-electron chi connectivity index (χ4n) is 1.66. The molecule has 0 amide bonds. The summed E-state index contributed by atoms with van der Waals surface area (Å²) in [5.41, 5.74) is 0. The van der Waals surface area contributed by atoms with Gasteiger partial charge in [0, 0.05) is 13.2 Å². The second kappa shape index (κ2) is 18.7. The highest BCUT2D eigenvalue weighted by molar-refractivity contribution is 5.00. The van der Waals surface area contributed by atoms with Crippen LogP contribution < -0.4 is 0 Å². The third-order valence-electron chi connectivity index (χ3n) is 2.79. The van der Waals surface area contributed by atoms with Gasteiger partial charge in [-0.1, -0.05) is 67.7 Å². The summed E-state index contributed by atoms with van der Waals surface area (Å²) in [6.45, 7) is 5.83. The minimum atomic E-state index is 0.810. The van der Waals surface area contributed by atoms with E-state index >= 15 is 0 Å². The van der Waals surface area contributed by atoms with Crippen molar-refractivity contribution in [3.63, 3.8) is 0 Å². The third-order valence-corrected chi connectivity index (χ3v) is 2.79. The highest BCUT2D eigenvalue weighted by atomic mass is 16.5. The van der Waals surface area contributed by atoms with E-state index in [9.17, 15) is 0 Å². The first-order valence-electron chi connectivity index (χ1n) is 8.24. The van der Waals surface area contributed by atoms with Crippen LogP contribution in [-0.4, -0.2) is 13.2 Å². The van der Waals surface area contributed by atoms with Gasteiger partial charge in [0.25, 0.3) is 0 Å². The van der Waals surface area contributed by atoms with E-state index in [0.29, 0.717) is 0 Å². The number of hydrogen-bond donors (Lipinski definition) is 0. The summed E-state index contributed by atoms with van der Waals surface area (Å²) in [6, 6.07) is 0. The molecule has 0 aromatic heterocycles. The Balaban J connectivity index is 3.41. The summed E-state index contributed by atoms with van der Waals surface area (Å²) in [4.78, 5) is 0. The summed E-state index contributed by atoms with van der Waals surface area (Å²) < 4.78 is 5.27. The standard InChI is InChI=1S/C20H32O/c1-3-5-6-7-8-9-10-11-12-13-14-15-16-17-18-19-20-21-4-2/h5-6,8-9,11-12,14-15,17-18H,3-4,7,10,13,16,19-20H2,1-2H3. The van der Waals surface area contributed by atoms with Crippen LogP contribution >= 0.6 is 0 Å². The number of ether oxygens (including phenoxy) is 1. The van der Waals surface area contributed by atoms with Gasteiger partial charge >= 0.3 is 0 Å². The Bertz CT molecular complexity index is 332. The van der Waals surface area contributed by atoms with Crippen molar-refractivity contribution in [2.45, 2.75) is 52.4 Å². The Morgan fingerprint density at radius 2 is 1.00 bits per heavy atom. The fourth-order valence-corrected chi connectivity index (χ4v) is 1.66. The lowest BCUT2D eigenvalue weighted by Gasteiger charge is -1.94. The number of rotatable bonds is 13. The topological polar surface area (TPSA) is 9.23 Å². The van der Waals surface area contributed by atoms with Crippen LogP contribution in [-0.2, 0) is 4.74 Å². The van der Waals surface area contributed by atoms with Crippen molar-refractivity contribution in [1.82, 2.24) is 0 Å². The second-order valence-electron chi connectivity index (χ2n) is 4.69. The summed E-state index contributed by atoms with van der Waals surface area (Å²) in [5, 5.41) is 0. The van der Waals surface area contributed by atoms with Gasteiger partial charge in [0.2, 0.25) is 0 Å². The Morgan fingerprint density at radius 3 is 1.43 bits per heavy atom. The van der Waals surface area contributed by atoms with E-state index in [1.54, 1.807) is 0 Å². The first-order chi connectivity index (χ1) is 10.4. The molecule has 0 N–H and O–H groups in total. The van der Waals surface area contributed by atoms with Gasteiger partial charge in [-0.05, 0) is 45.4 Å². The van der Waals surface area contributed by atoms with Gasteiger partial charge < -0.3 is 4.74 Å². The monoisotopic (exact) mass is 288 g/mol. The van der Waals surface area contributed by atoms with Crippen molar-refractivity contribution in [2.75, 3.05) is 13.2 Å². The van der Waals surface area contributed by atoms with E-state index in [-0.39, 0.29) is 0 Å². The average molecular weight is 288 g/mol. The highest BCUT2D eigenvalue weighted by Gasteiger charge is 1.79. The first kappa shape index (κ1) is 19.7. The molecule has 0 radical (unpaired) electrons. The molecule has 0 bridgehead atoms. The molecule has 21 heavy (non-hydrogen) atoms. The summed E-state index contributed by atoms with van der Waals surface area (Å²) in [6.07, 6.45) is 28.4. The van der Waals surface area contributed by atoms with Crippen molar-refractivity contribution in [1.29, 1.82) is 0 Å². The lowest BCUT2D eigenvalue weighted by Crippen LogP contribution is -1.90. The molecular weight excluding hydrogens is 256 g/mol. The van der Waals surface area contributed by atoms with Crippen LogP contribution in [0.3, 0.4) is 0 Å². The maximum absolute atomic E-state index is 5.27. The number of hydrogen-bond acceptors (Lipinski definition) is 1. The van der Waals surface area contributed by atoms with Gasteiger partial charge in [0.1, 0.15) is 0 Å². The molecule has 1 heteroatoms. The third kappa shape index (κ3) is 18.7. The zero-order valence-electron chi connectivity index (χ0n) is 13.8. The molecule has 0 rings (SSSR count). The van der Waals surface area contributed by atoms with Gasteiger partial charge in [0.15, 0.2) is 0 Å². The lowest BCUT2D eigenvalue weighted by atomic mass is 10.2. The van der Waals surface area contributed by atoms with Gasteiger partial charge in [-0.25, -0.2) is 0 Å². The molecule has 0 saturated heterocycles. The van der Waals surface area contributed by atoms with Gasteiger partial charge in [-0.15, -0.1) is 0 Å². The van der Waals surface area contributed by atoms with Crippen molar-refractivity contribution >= 4 is 0 Å². The minimum absolute atomic E-state index is 0.810. The van der Waals surface area contributed by atoms with Gasteiger partial charge in [0.05, 0.1) is 0 Å². The van der Waals surface area contributed by atoms with Gasteiger partial charge in [-0.2, -0.15) is 0 Å². The van der Waals surface area contributed by atoms with E-state index in [0.717, 1.165) is 51.7 Å². The highest BCUT2D eigenvalue weighted by Crippen LogP contribution is 1.96. The maximum Gasteiger partial charge on any atom is 0.0500 e.